The SMILES string of the molecule is Cc1cc(F)ccc1Nc1cc(-c2cccc(OC(F)(F)F)c2)nc(N[C@@H](CO)C(C)C)n1. The third kappa shape index (κ3) is 6.79. The van der Waals surface area contributed by atoms with Crippen molar-refractivity contribution in [2.45, 2.75) is 33.2 Å². The van der Waals surface area contributed by atoms with Gasteiger partial charge in [0.15, 0.2) is 0 Å². The lowest BCUT2D eigenvalue weighted by atomic mass is 10.1. The molecule has 0 aliphatic heterocycles. The van der Waals surface area contributed by atoms with E-state index in [4.69, 9.17) is 0 Å². The molecule has 33 heavy (non-hydrogen) atoms. The van der Waals surface area contributed by atoms with Crippen molar-refractivity contribution in [2.75, 3.05) is 17.2 Å². The first-order chi connectivity index (χ1) is 15.5. The van der Waals surface area contributed by atoms with Crippen LogP contribution in [-0.4, -0.2) is 34.1 Å². The van der Waals surface area contributed by atoms with Gasteiger partial charge < -0.3 is 20.5 Å². The Kier molecular flexibility index (Phi) is 7.37. The molecule has 3 N–H and O–H groups in total. The van der Waals surface area contributed by atoms with Crippen molar-refractivity contribution in [1.29, 1.82) is 0 Å². The summed E-state index contributed by atoms with van der Waals surface area (Å²) in [5.74, 6) is -0.202. The number of ether oxygens (including phenoxy) is 1. The number of aromatic nitrogens is 2. The van der Waals surface area contributed by atoms with Gasteiger partial charge in [0.25, 0.3) is 0 Å². The molecule has 0 spiro atoms. The van der Waals surface area contributed by atoms with E-state index in [1.807, 2.05) is 13.8 Å². The van der Waals surface area contributed by atoms with Crippen molar-refractivity contribution in [3.63, 3.8) is 0 Å². The average Bonchev–Trinajstić information content (AvgIpc) is 2.72. The first-order valence-corrected chi connectivity index (χ1v) is 10.2. The van der Waals surface area contributed by atoms with Crippen molar-refractivity contribution in [1.82, 2.24) is 9.97 Å². The Morgan fingerprint density at radius 1 is 1.06 bits per heavy atom. The van der Waals surface area contributed by atoms with Crippen LogP contribution in [0.2, 0.25) is 0 Å². The van der Waals surface area contributed by atoms with Gasteiger partial charge in [-0.3, -0.25) is 0 Å². The number of aryl methyl sites for hydroxylation is 1. The molecule has 0 radical (unpaired) electrons. The molecule has 1 atom stereocenters. The van der Waals surface area contributed by atoms with Gasteiger partial charge in [0.2, 0.25) is 5.95 Å². The molecule has 3 rings (SSSR count). The van der Waals surface area contributed by atoms with Crippen LogP contribution in [0.4, 0.5) is 35.0 Å². The molecule has 10 heteroatoms. The van der Waals surface area contributed by atoms with Crippen LogP contribution in [0, 0.1) is 18.7 Å². The quantitative estimate of drug-likeness (QED) is 0.373. The zero-order valence-electron chi connectivity index (χ0n) is 18.2. The molecule has 0 bridgehead atoms. The monoisotopic (exact) mass is 464 g/mol. The maximum Gasteiger partial charge on any atom is 0.573 e. The van der Waals surface area contributed by atoms with Crippen molar-refractivity contribution in [3.8, 4) is 17.0 Å². The van der Waals surface area contributed by atoms with Crippen LogP contribution in [0.3, 0.4) is 0 Å². The maximum atomic E-state index is 13.5. The van der Waals surface area contributed by atoms with Gasteiger partial charge in [-0.25, -0.2) is 9.37 Å². The van der Waals surface area contributed by atoms with Gasteiger partial charge in [-0.05, 0) is 48.7 Å². The Bertz CT molecular complexity index is 1110. The first kappa shape index (κ1) is 24.2. The summed E-state index contributed by atoms with van der Waals surface area (Å²) in [5.41, 5.74) is 1.93. The number of nitrogens with one attached hydrogen (secondary N) is 2. The smallest absolute Gasteiger partial charge is 0.406 e. The third-order valence-electron chi connectivity index (χ3n) is 4.86. The molecule has 0 saturated heterocycles. The molecule has 0 fully saturated rings. The molecule has 0 aliphatic carbocycles. The predicted molar refractivity (Wildman–Crippen MR) is 118 cm³/mol. The van der Waals surface area contributed by atoms with E-state index in [2.05, 4.69) is 25.3 Å². The molecule has 0 amide bonds. The van der Waals surface area contributed by atoms with E-state index >= 15 is 0 Å². The fourth-order valence-electron chi connectivity index (χ4n) is 3.07. The summed E-state index contributed by atoms with van der Waals surface area (Å²) in [6.45, 7) is 5.39. The number of nitrogens with zero attached hydrogens (tertiary/aromatic N) is 2. The number of anilines is 3. The van der Waals surface area contributed by atoms with Crippen molar-refractivity contribution in [3.05, 3.63) is 59.9 Å². The van der Waals surface area contributed by atoms with E-state index in [-0.39, 0.29) is 36.1 Å². The zero-order chi connectivity index (χ0) is 24.2. The second-order valence-electron chi connectivity index (χ2n) is 7.80. The molecular weight excluding hydrogens is 440 g/mol. The van der Waals surface area contributed by atoms with Gasteiger partial charge in [0, 0.05) is 17.3 Å². The summed E-state index contributed by atoms with van der Waals surface area (Å²) in [6.07, 6.45) is -4.82. The molecule has 3 aromatic rings. The van der Waals surface area contributed by atoms with Crippen LogP contribution in [0.1, 0.15) is 19.4 Å². The van der Waals surface area contributed by atoms with E-state index in [1.165, 1.54) is 30.3 Å². The van der Waals surface area contributed by atoms with Crippen molar-refractivity contribution < 1.29 is 27.4 Å². The summed E-state index contributed by atoms with van der Waals surface area (Å²) in [5, 5.41) is 15.8. The van der Waals surface area contributed by atoms with E-state index in [1.54, 1.807) is 25.1 Å². The number of hydrogen-bond acceptors (Lipinski definition) is 6. The summed E-state index contributed by atoms with van der Waals surface area (Å²) < 4.78 is 55.4. The molecule has 176 valence electrons. The van der Waals surface area contributed by atoms with Crippen LogP contribution in [0.5, 0.6) is 5.75 Å². The lowest BCUT2D eigenvalue weighted by molar-refractivity contribution is -0.274. The first-order valence-electron chi connectivity index (χ1n) is 10.2. The van der Waals surface area contributed by atoms with Gasteiger partial charge >= 0.3 is 6.36 Å². The molecular formula is C23H24F4N4O2. The second kappa shape index (κ2) is 10.0. The summed E-state index contributed by atoms with van der Waals surface area (Å²) in [4.78, 5) is 8.84. The predicted octanol–water partition coefficient (Wildman–Crippen LogP) is 5.66. The Morgan fingerprint density at radius 2 is 1.82 bits per heavy atom. The van der Waals surface area contributed by atoms with Crippen molar-refractivity contribution in [2.24, 2.45) is 5.92 Å². The Labute approximate surface area is 188 Å². The lowest BCUT2D eigenvalue weighted by Gasteiger charge is -2.21. The summed E-state index contributed by atoms with van der Waals surface area (Å²) in [6, 6.07) is 10.9. The van der Waals surface area contributed by atoms with Gasteiger partial charge in [-0.15, -0.1) is 13.2 Å². The molecule has 0 saturated carbocycles. The standard InChI is InChI=1S/C23H24F4N4O2/c1-13(2)20(12-32)30-22-29-19(15-5-4-6-17(10-15)33-23(25,26)27)11-21(31-22)28-18-8-7-16(24)9-14(18)3/h4-11,13,20,32H,12H2,1-3H3,(H2,28,29,30,31)/t20-/m0/s1. The van der Waals surface area contributed by atoms with Gasteiger partial charge in [-0.1, -0.05) is 26.0 Å². The number of aliphatic hydroxyl groups excluding tert-OH is 1. The number of alkyl halides is 3. The van der Waals surface area contributed by atoms with Gasteiger partial charge in [-0.2, -0.15) is 4.98 Å². The average molecular weight is 464 g/mol. The van der Waals surface area contributed by atoms with Gasteiger partial charge in [0.1, 0.15) is 17.4 Å². The number of halogens is 4. The highest BCUT2D eigenvalue weighted by Crippen LogP contribution is 2.30. The fraction of sp³-hybridized carbons (Fsp3) is 0.304. The van der Waals surface area contributed by atoms with Crippen LogP contribution >= 0.6 is 0 Å². The maximum absolute atomic E-state index is 13.5. The number of hydrogen-bond donors (Lipinski definition) is 3. The molecule has 6 nitrogen and oxygen atoms in total. The van der Waals surface area contributed by atoms with E-state index in [0.717, 1.165) is 0 Å². The molecule has 0 aliphatic rings. The highest BCUT2D eigenvalue weighted by Gasteiger charge is 2.31. The van der Waals surface area contributed by atoms with E-state index in [0.29, 0.717) is 28.3 Å². The van der Waals surface area contributed by atoms with Crippen LogP contribution in [0.15, 0.2) is 48.5 Å². The van der Waals surface area contributed by atoms with E-state index < -0.39 is 6.36 Å². The highest BCUT2D eigenvalue weighted by atomic mass is 19.4. The van der Waals surface area contributed by atoms with E-state index in [9.17, 15) is 22.7 Å². The number of benzene rings is 2. The normalized spacial score (nSPS) is 12.5. The van der Waals surface area contributed by atoms with Crippen LogP contribution in [0.25, 0.3) is 11.3 Å². The third-order valence-corrected chi connectivity index (χ3v) is 4.86. The highest BCUT2D eigenvalue weighted by molar-refractivity contribution is 5.69. The number of rotatable bonds is 8. The fourth-order valence-corrected chi connectivity index (χ4v) is 3.07. The zero-order valence-corrected chi connectivity index (χ0v) is 18.2. The van der Waals surface area contributed by atoms with Crippen LogP contribution in [-0.2, 0) is 0 Å². The Hall–Kier alpha value is -3.40. The summed E-state index contributed by atoms with van der Waals surface area (Å²) >= 11 is 0. The largest absolute Gasteiger partial charge is 0.573 e. The summed E-state index contributed by atoms with van der Waals surface area (Å²) in [7, 11) is 0. The minimum absolute atomic E-state index is 0.0570. The molecule has 1 heterocycles. The molecule has 2 aromatic carbocycles. The van der Waals surface area contributed by atoms with Gasteiger partial charge in [0.05, 0.1) is 18.3 Å². The minimum Gasteiger partial charge on any atom is -0.406 e. The Balaban J connectivity index is 2.02. The van der Waals surface area contributed by atoms with Crippen LogP contribution < -0.4 is 15.4 Å². The Morgan fingerprint density at radius 3 is 2.45 bits per heavy atom. The molecule has 1 aromatic heterocycles. The second-order valence-corrected chi connectivity index (χ2v) is 7.80. The topological polar surface area (TPSA) is 79.3 Å². The van der Waals surface area contributed by atoms with Crippen molar-refractivity contribution >= 4 is 17.5 Å². The lowest BCUT2D eigenvalue weighted by Crippen LogP contribution is -2.30. The molecule has 0 unspecified atom stereocenters. The number of aliphatic hydroxyl groups is 1. The minimum atomic E-state index is -4.82.